The lowest BCUT2D eigenvalue weighted by Crippen LogP contribution is -2.19. The number of primary amides is 1. The van der Waals surface area contributed by atoms with Gasteiger partial charge in [-0.3, -0.25) is 4.79 Å². The molecule has 0 bridgehead atoms. The fourth-order valence-electron chi connectivity index (χ4n) is 0.639. The van der Waals surface area contributed by atoms with Crippen molar-refractivity contribution in [2.75, 3.05) is 33.1 Å². The molecule has 2 N–H and O–H groups in total. The minimum Gasteiger partial charge on any atom is -0.372 e. The molecule has 1 unspecified atom stereocenters. The molecule has 5 heteroatoms. The molecular formula is C10H19ClN2O2. The monoisotopic (exact) mass is 234 g/mol. The molecule has 0 radical (unpaired) electrons. The molecule has 0 aromatic rings. The van der Waals surface area contributed by atoms with E-state index in [9.17, 15) is 4.79 Å². The zero-order valence-corrected chi connectivity index (χ0v) is 10.1. The van der Waals surface area contributed by atoms with Gasteiger partial charge in [-0.2, -0.15) is 0 Å². The van der Waals surface area contributed by atoms with Crippen LogP contribution in [0.15, 0.2) is 12.2 Å². The largest absolute Gasteiger partial charge is 0.372 e. The third-order valence-corrected chi connectivity index (χ3v) is 2.13. The van der Waals surface area contributed by atoms with E-state index in [0.717, 1.165) is 13.2 Å². The van der Waals surface area contributed by atoms with Crippen LogP contribution in [0.1, 0.15) is 6.42 Å². The molecule has 0 saturated carbocycles. The van der Waals surface area contributed by atoms with Gasteiger partial charge in [0.25, 0.3) is 0 Å². The number of epoxide rings is 1. The van der Waals surface area contributed by atoms with Crippen molar-refractivity contribution in [2.24, 2.45) is 5.73 Å². The van der Waals surface area contributed by atoms with Gasteiger partial charge in [0.1, 0.15) is 0 Å². The minimum absolute atomic E-state index is 0.400. The first-order valence-electron chi connectivity index (χ1n) is 4.77. The van der Waals surface area contributed by atoms with Gasteiger partial charge in [-0.1, -0.05) is 6.58 Å². The Morgan fingerprint density at radius 3 is 2.40 bits per heavy atom. The highest BCUT2D eigenvalue weighted by atomic mass is 35.5. The van der Waals surface area contributed by atoms with E-state index in [1.165, 1.54) is 0 Å². The van der Waals surface area contributed by atoms with Crippen molar-refractivity contribution in [3.63, 3.8) is 0 Å². The molecule has 1 aliphatic heterocycles. The van der Waals surface area contributed by atoms with Gasteiger partial charge in [0.15, 0.2) is 0 Å². The van der Waals surface area contributed by atoms with Crippen LogP contribution < -0.4 is 5.73 Å². The van der Waals surface area contributed by atoms with Crippen LogP contribution in [0.4, 0.5) is 0 Å². The summed E-state index contributed by atoms with van der Waals surface area (Å²) in [7, 11) is 3.88. The molecule has 15 heavy (non-hydrogen) atoms. The fraction of sp³-hybridized carbons (Fsp3) is 0.700. The third-order valence-electron chi connectivity index (χ3n) is 1.78. The molecule has 4 nitrogen and oxygen atoms in total. The van der Waals surface area contributed by atoms with Gasteiger partial charge in [0, 0.05) is 12.1 Å². The van der Waals surface area contributed by atoms with Gasteiger partial charge in [0.05, 0.1) is 18.6 Å². The smallest absolute Gasteiger partial charge is 0.244 e. The average molecular weight is 235 g/mol. The van der Waals surface area contributed by atoms with Gasteiger partial charge in [-0.25, -0.2) is 0 Å². The summed E-state index contributed by atoms with van der Waals surface area (Å²) in [6, 6.07) is 0. The van der Waals surface area contributed by atoms with Crippen molar-refractivity contribution in [3.05, 3.63) is 12.2 Å². The lowest BCUT2D eigenvalue weighted by atomic mass is 10.2. The molecule has 1 rings (SSSR count). The van der Waals surface area contributed by atoms with Crippen molar-refractivity contribution in [1.82, 2.24) is 4.90 Å². The number of ether oxygens (including phenoxy) is 1. The van der Waals surface area contributed by atoms with Gasteiger partial charge in [-0.15, -0.1) is 11.6 Å². The number of rotatable bonds is 5. The fourth-order valence-corrected chi connectivity index (χ4v) is 0.817. The Labute approximate surface area is 96.0 Å². The number of hydrogen-bond acceptors (Lipinski definition) is 3. The summed E-state index contributed by atoms with van der Waals surface area (Å²) in [6.07, 6.45) is 1.05. The van der Waals surface area contributed by atoms with Crippen LogP contribution in [0.25, 0.3) is 0 Å². The number of nitrogens with zero attached hydrogens (tertiary/aromatic N) is 1. The topological polar surface area (TPSA) is 58.9 Å². The Balaban J connectivity index is 0.000000322. The van der Waals surface area contributed by atoms with Gasteiger partial charge in [-0.05, 0) is 20.5 Å². The second-order valence-corrected chi connectivity index (χ2v) is 3.94. The molecule has 1 fully saturated rings. The zero-order chi connectivity index (χ0) is 11.8. The molecular weight excluding hydrogens is 216 g/mol. The first-order valence-corrected chi connectivity index (χ1v) is 5.30. The van der Waals surface area contributed by atoms with E-state index in [0.29, 0.717) is 24.0 Å². The quantitative estimate of drug-likeness (QED) is 0.431. The van der Waals surface area contributed by atoms with Crippen LogP contribution in [-0.4, -0.2) is 50.0 Å². The summed E-state index contributed by atoms with van der Waals surface area (Å²) in [5, 5.41) is 0. The molecule has 1 heterocycles. The average Bonchev–Trinajstić information content (AvgIpc) is 2.97. The molecule has 1 saturated heterocycles. The normalized spacial score (nSPS) is 18.0. The number of amides is 1. The lowest BCUT2D eigenvalue weighted by Gasteiger charge is -2.08. The molecule has 1 amide bonds. The SMILES string of the molecule is C=C(CCN(C)C)C(N)=O.ClCC1CO1. The van der Waals surface area contributed by atoms with Crippen LogP contribution in [0.5, 0.6) is 0 Å². The number of carbonyl (C=O) groups is 1. The summed E-state index contributed by atoms with van der Waals surface area (Å²) < 4.78 is 4.73. The van der Waals surface area contributed by atoms with E-state index in [4.69, 9.17) is 22.1 Å². The van der Waals surface area contributed by atoms with E-state index in [1.54, 1.807) is 0 Å². The number of halogens is 1. The van der Waals surface area contributed by atoms with Crippen LogP contribution >= 0.6 is 11.6 Å². The van der Waals surface area contributed by atoms with Crippen LogP contribution in [-0.2, 0) is 9.53 Å². The predicted molar refractivity (Wildman–Crippen MR) is 62.0 cm³/mol. The molecule has 0 aromatic carbocycles. The summed E-state index contributed by atoms with van der Waals surface area (Å²) >= 11 is 5.27. The highest BCUT2D eigenvalue weighted by molar-refractivity contribution is 6.18. The summed E-state index contributed by atoms with van der Waals surface area (Å²) in [4.78, 5) is 12.4. The second kappa shape index (κ2) is 7.68. The first kappa shape index (κ1) is 14.4. The highest BCUT2D eigenvalue weighted by Gasteiger charge is 2.19. The Hall–Kier alpha value is -0.580. The summed E-state index contributed by atoms with van der Waals surface area (Å²) in [6.45, 7) is 5.22. The van der Waals surface area contributed by atoms with Crippen molar-refractivity contribution < 1.29 is 9.53 Å². The van der Waals surface area contributed by atoms with Gasteiger partial charge >= 0.3 is 0 Å². The van der Waals surface area contributed by atoms with E-state index in [-0.39, 0.29) is 0 Å². The van der Waals surface area contributed by atoms with Crippen LogP contribution in [0.3, 0.4) is 0 Å². The van der Waals surface area contributed by atoms with E-state index in [1.807, 2.05) is 19.0 Å². The number of alkyl halides is 1. The van der Waals surface area contributed by atoms with Gasteiger partial charge in [0.2, 0.25) is 5.91 Å². The molecule has 88 valence electrons. The summed E-state index contributed by atoms with van der Waals surface area (Å²) in [5.74, 6) is 0.266. The standard InChI is InChI=1S/C7H14N2O.C3H5ClO/c1-6(7(8)10)4-5-9(2)3;4-1-3-2-5-3/h1,4-5H2,2-3H3,(H2,8,10);3H,1-2H2. The molecule has 0 aromatic heterocycles. The Kier molecular flexibility index (Phi) is 7.38. The molecule has 0 aliphatic carbocycles. The maximum absolute atomic E-state index is 10.4. The Bertz CT molecular complexity index is 215. The zero-order valence-electron chi connectivity index (χ0n) is 9.33. The molecule has 1 aliphatic rings. The summed E-state index contributed by atoms with van der Waals surface area (Å²) in [5.41, 5.74) is 5.46. The van der Waals surface area contributed by atoms with Crippen LogP contribution in [0, 0.1) is 0 Å². The van der Waals surface area contributed by atoms with Crippen molar-refractivity contribution >= 4 is 17.5 Å². The van der Waals surface area contributed by atoms with E-state index in [2.05, 4.69) is 6.58 Å². The van der Waals surface area contributed by atoms with Crippen molar-refractivity contribution in [3.8, 4) is 0 Å². The lowest BCUT2D eigenvalue weighted by molar-refractivity contribution is -0.114. The number of carbonyl (C=O) groups excluding carboxylic acids is 1. The molecule has 1 atom stereocenters. The minimum atomic E-state index is -0.401. The Morgan fingerprint density at radius 1 is 1.67 bits per heavy atom. The number of nitrogens with two attached hydrogens (primary N) is 1. The van der Waals surface area contributed by atoms with E-state index >= 15 is 0 Å². The highest BCUT2D eigenvalue weighted by Crippen LogP contribution is 2.08. The third kappa shape index (κ3) is 9.72. The predicted octanol–water partition coefficient (Wildman–Crippen LogP) is 0.604. The second-order valence-electron chi connectivity index (χ2n) is 3.63. The van der Waals surface area contributed by atoms with Crippen LogP contribution in [0.2, 0.25) is 0 Å². The van der Waals surface area contributed by atoms with E-state index < -0.39 is 5.91 Å². The number of hydrogen-bond donors (Lipinski definition) is 1. The van der Waals surface area contributed by atoms with Crippen molar-refractivity contribution in [1.29, 1.82) is 0 Å². The van der Waals surface area contributed by atoms with Crippen molar-refractivity contribution in [2.45, 2.75) is 12.5 Å². The maximum atomic E-state index is 10.4. The first-order chi connectivity index (χ1) is 6.97. The maximum Gasteiger partial charge on any atom is 0.244 e. The van der Waals surface area contributed by atoms with Gasteiger partial charge < -0.3 is 15.4 Å². The molecule has 0 spiro atoms. The Morgan fingerprint density at radius 2 is 2.20 bits per heavy atom.